The Morgan fingerprint density at radius 1 is 1.05 bits per heavy atom. The molecule has 5 heteroatoms. The minimum Gasteiger partial charge on any atom is -0.496 e. The second-order valence-corrected chi connectivity index (χ2v) is 5.15. The van der Waals surface area contributed by atoms with Crippen LogP contribution in [0.5, 0.6) is 11.5 Å². The Bertz CT molecular complexity index is 496. The SMILES string of the molecule is COc1cccc(OCCCCCCCC(=O)O)c1C(C)=O. The van der Waals surface area contributed by atoms with Crippen LogP contribution in [0.1, 0.15) is 55.8 Å². The average Bonchev–Trinajstić information content (AvgIpc) is 2.48. The number of Topliss-reactive ketones (excluding diaryl/α,β-unsaturated/α-hetero) is 1. The molecule has 0 amide bonds. The van der Waals surface area contributed by atoms with E-state index in [0.717, 1.165) is 32.1 Å². The topological polar surface area (TPSA) is 72.8 Å². The predicted molar refractivity (Wildman–Crippen MR) is 83.8 cm³/mol. The summed E-state index contributed by atoms with van der Waals surface area (Å²) in [5.41, 5.74) is 0.478. The van der Waals surface area contributed by atoms with Crippen molar-refractivity contribution in [1.29, 1.82) is 0 Å². The van der Waals surface area contributed by atoms with Gasteiger partial charge in [-0.1, -0.05) is 25.3 Å². The molecule has 0 spiro atoms. The fourth-order valence-corrected chi connectivity index (χ4v) is 2.24. The zero-order chi connectivity index (χ0) is 16.4. The first kappa shape index (κ1) is 18.0. The van der Waals surface area contributed by atoms with E-state index >= 15 is 0 Å². The molecular weight excluding hydrogens is 284 g/mol. The highest BCUT2D eigenvalue weighted by molar-refractivity contribution is 5.99. The number of hydrogen-bond donors (Lipinski definition) is 1. The lowest BCUT2D eigenvalue weighted by Crippen LogP contribution is -2.05. The summed E-state index contributed by atoms with van der Waals surface area (Å²) in [5, 5.41) is 8.54. The van der Waals surface area contributed by atoms with Crippen LogP contribution in [0.25, 0.3) is 0 Å². The van der Waals surface area contributed by atoms with Crippen LogP contribution in [0, 0.1) is 0 Å². The number of benzene rings is 1. The summed E-state index contributed by atoms with van der Waals surface area (Å²) in [6, 6.07) is 5.31. The van der Waals surface area contributed by atoms with Crippen molar-refractivity contribution in [3.05, 3.63) is 23.8 Å². The number of carbonyl (C=O) groups is 2. The highest BCUT2D eigenvalue weighted by atomic mass is 16.5. The van der Waals surface area contributed by atoms with Crippen molar-refractivity contribution in [1.82, 2.24) is 0 Å². The molecule has 0 aliphatic rings. The van der Waals surface area contributed by atoms with Crippen LogP contribution >= 0.6 is 0 Å². The van der Waals surface area contributed by atoms with Crippen molar-refractivity contribution in [2.75, 3.05) is 13.7 Å². The first-order valence-corrected chi connectivity index (χ1v) is 7.58. The summed E-state index contributed by atoms with van der Waals surface area (Å²) < 4.78 is 10.9. The van der Waals surface area contributed by atoms with Gasteiger partial charge in [0.25, 0.3) is 0 Å². The number of carbonyl (C=O) groups excluding carboxylic acids is 1. The average molecular weight is 308 g/mol. The summed E-state index contributed by atoms with van der Waals surface area (Å²) in [6.07, 6.45) is 4.74. The molecule has 0 aliphatic carbocycles. The highest BCUT2D eigenvalue weighted by Gasteiger charge is 2.14. The number of rotatable bonds is 11. The summed E-state index contributed by atoms with van der Waals surface area (Å²) in [7, 11) is 1.53. The van der Waals surface area contributed by atoms with Gasteiger partial charge in [-0.3, -0.25) is 9.59 Å². The van der Waals surface area contributed by atoms with Crippen LogP contribution in [0.2, 0.25) is 0 Å². The number of carboxylic acid groups (broad SMARTS) is 1. The molecule has 0 aromatic heterocycles. The molecule has 0 heterocycles. The lowest BCUT2D eigenvalue weighted by Gasteiger charge is -2.12. The molecule has 0 aliphatic heterocycles. The van der Waals surface area contributed by atoms with Gasteiger partial charge in [-0.2, -0.15) is 0 Å². The number of ether oxygens (including phenoxy) is 2. The Morgan fingerprint density at radius 2 is 1.68 bits per heavy atom. The molecule has 0 fully saturated rings. The summed E-state index contributed by atoms with van der Waals surface area (Å²) in [6.45, 7) is 2.03. The van der Waals surface area contributed by atoms with Gasteiger partial charge >= 0.3 is 5.97 Å². The number of aliphatic carboxylic acids is 1. The second-order valence-electron chi connectivity index (χ2n) is 5.15. The Morgan fingerprint density at radius 3 is 2.32 bits per heavy atom. The largest absolute Gasteiger partial charge is 0.496 e. The van der Waals surface area contributed by atoms with Gasteiger partial charge in [-0.15, -0.1) is 0 Å². The number of carboxylic acids is 1. The van der Waals surface area contributed by atoms with Crippen molar-refractivity contribution >= 4 is 11.8 Å². The van der Waals surface area contributed by atoms with E-state index in [1.807, 2.05) is 0 Å². The Kier molecular flexibility index (Phi) is 8.04. The molecule has 0 radical (unpaired) electrons. The smallest absolute Gasteiger partial charge is 0.303 e. The van der Waals surface area contributed by atoms with E-state index in [4.69, 9.17) is 14.6 Å². The molecule has 0 unspecified atom stereocenters. The summed E-state index contributed by atoms with van der Waals surface area (Å²) >= 11 is 0. The first-order valence-electron chi connectivity index (χ1n) is 7.58. The molecule has 0 saturated heterocycles. The van der Waals surface area contributed by atoms with Crippen molar-refractivity contribution < 1.29 is 24.2 Å². The van der Waals surface area contributed by atoms with Gasteiger partial charge in [0.1, 0.15) is 17.1 Å². The van der Waals surface area contributed by atoms with Crippen LogP contribution in [-0.2, 0) is 4.79 Å². The number of ketones is 1. The van der Waals surface area contributed by atoms with E-state index in [9.17, 15) is 9.59 Å². The molecule has 1 aromatic rings. The summed E-state index contributed by atoms with van der Waals surface area (Å²) in [5.74, 6) is 0.260. The highest BCUT2D eigenvalue weighted by Crippen LogP contribution is 2.28. The molecule has 0 atom stereocenters. The van der Waals surface area contributed by atoms with Crippen molar-refractivity contribution in [3.8, 4) is 11.5 Å². The maximum atomic E-state index is 11.7. The van der Waals surface area contributed by atoms with Crippen molar-refractivity contribution in [2.24, 2.45) is 0 Å². The van der Waals surface area contributed by atoms with E-state index < -0.39 is 5.97 Å². The fourth-order valence-electron chi connectivity index (χ4n) is 2.24. The molecule has 0 bridgehead atoms. The molecule has 5 nitrogen and oxygen atoms in total. The molecule has 122 valence electrons. The standard InChI is InChI=1S/C17H24O5/c1-13(18)17-14(21-2)9-8-10-15(17)22-12-7-5-3-4-6-11-16(19)20/h8-10H,3-7,11-12H2,1-2H3,(H,19,20). The second kappa shape index (κ2) is 9.82. The summed E-state index contributed by atoms with van der Waals surface area (Å²) in [4.78, 5) is 22.1. The van der Waals surface area contributed by atoms with Crippen LogP contribution in [-0.4, -0.2) is 30.6 Å². The normalized spacial score (nSPS) is 10.3. The van der Waals surface area contributed by atoms with E-state index in [1.165, 1.54) is 14.0 Å². The van der Waals surface area contributed by atoms with Gasteiger partial charge in [-0.05, 0) is 31.9 Å². The number of methoxy groups -OCH3 is 1. The maximum absolute atomic E-state index is 11.7. The molecular formula is C17H24O5. The van der Waals surface area contributed by atoms with Crippen LogP contribution in [0.3, 0.4) is 0 Å². The Balaban J connectivity index is 2.33. The molecule has 1 rings (SSSR count). The minimum atomic E-state index is -0.738. The maximum Gasteiger partial charge on any atom is 0.303 e. The van der Waals surface area contributed by atoms with Gasteiger partial charge in [0, 0.05) is 6.42 Å². The minimum absolute atomic E-state index is 0.0823. The number of unbranched alkanes of at least 4 members (excludes halogenated alkanes) is 4. The molecule has 22 heavy (non-hydrogen) atoms. The van der Waals surface area contributed by atoms with Crippen LogP contribution < -0.4 is 9.47 Å². The third kappa shape index (κ3) is 6.16. The Labute approximate surface area is 131 Å². The van der Waals surface area contributed by atoms with E-state index in [0.29, 0.717) is 23.7 Å². The van der Waals surface area contributed by atoms with Crippen LogP contribution in [0.4, 0.5) is 0 Å². The zero-order valence-electron chi connectivity index (χ0n) is 13.3. The first-order chi connectivity index (χ1) is 10.6. The third-order valence-corrected chi connectivity index (χ3v) is 3.35. The van der Waals surface area contributed by atoms with Gasteiger partial charge < -0.3 is 14.6 Å². The Hall–Kier alpha value is -2.04. The third-order valence-electron chi connectivity index (χ3n) is 3.35. The predicted octanol–water partition coefficient (Wildman–Crippen LogP) is 3.70. The molecule has 0 saturated carbocycles. The van der Waals surface area contributed by atoms with E-state index in [1.54, 1.807) is 18.2 Å². The quantitative estimate of drug-likeness (QED) is 0.498. The number of hydrogen-bond acceptors (Lipinski definition) is 4. The molecule has 1 aromatic carbocycles. The lowest BCUT2D eigenvalue weighted by atomic mass is 10.1. The van der Waals surface area contributed by atoms with Gasteiger partial charge in [0.05, 0.1) is 13.7 Å². The fraction of sp³-hybridized carbons (Fsp3) is 0.529. The molecule has 1 N–H and O–H groups in total. The van der Waals surface area contributed by atoms with E-state index in [-0.39, 0.29) is 12.2 Å². The van der Waals surface area contributed by atoms with Gasteiger partial charge in [-0.25, -0.2) is 0 Å². The van der Waals surface area contributed by atoms with Gasteiger partial charge in [0.2, 0.25) is 0 Å². The van der Waals surface area contributed by atoms with Crippen molar-refractivity contribution in [2.45, 2.75) is 45.4 Å². The van der Waals surface area contributed by atoms with E-state index in [2.05, 4.69) is 0 Å². The zero-order valence-corrected chi connectivity index (χ0v) is 13.3. The lowest BCUT2D eigenvalue weighted by molar-refractivity contribution is -0.137. The van der Waals surface area contributed by atoms with Crippen molar-refractivity contribution in [3.63, 3.8) is 0 Å². The monoisotopic (exact) mass is 308 g/mol. The van der Waals surface area contributed by atoms with Crippen LogP contribution in [0.15, 0.2) is 18.2 Å². The van der Waals surface area contributed by atoms with Gasteiger partial charge in [0.15, 0.2) is 5.78 Å².